The predicted molar refractivity (Wildman–Crippen MR) is 164 cm³/mol. The van der Waals surface area contributed by atoms with Crippen LogP contribution < -0.4 is 5.01 Å². The van der Waals surface area contributed by atoms with Gasteiger partial charge in [-0.05, 0) is 53.2 Å². The molecule has 0 saturated heterocycles. The van der Waals surface area contributed by atoms with Crippen molar-refractivity contribution in [2.75, 3.05) is 5.01 Å². The van der Waals surface area contributed by atoms with Gasteiger partial charge in [-0.3, -0.25) is 0 Å². The summed E-state index contributed by atoms with van der Waals surface area (Å²) in [6.07, 6.45) is 5.71. The molecule has 0 spiro atoms. The Morgan fingerprint density at radius 2 is 1.36 bits per heavy atom. The second-order valence-electron chi connectivity index (χ2n) is 10.2. The zero-order chi connectivity index (χ0) is 26.0. The number of benzene rings is 4. The number of nitrogens with zero attached hydrogens (tertiary/aromatic N) is 3. The summed E-state index contributed by atoms with van der Waals surface area (Å²) in [4.78, 5) is 5.13. The lowest BCUT2D eigenvalue weighted by Crippen LogP contribution is -2.28. The van der Waals surface area contributed by atoms with Crippen LogP contribution in [0.15, 0.2) is 131 Å². The fourth-order valence-electron chi connectivity index (χ4n) is 5.86. The standard InChI is InChI=1S/C35H29N3S/c1-4-11-25(12-5-1)23-30-17-10-18-31-33(30)37-38(34(31)29-15-8-3-9-16-29)35-36-32(24-39-35)28-21-19-27(20-22-28)26-13-6-2-7-14-26/h1-9,11-16,19-24,31,34H,10,17-18H2/b30-23+/t31-,34-/m1/s1. The molecule has 4 aromatic carbocycles. The fraction of sp³-hybridized carbons (Fsp3) is 0.143. The Morgan fingerprint density at radius 3 is 2.10 bits per heavy atom. The van der Waals surface area contributed by atoms with Crippen molar-refractivity contribution in [2.45, 2.75) is 25.3 Å². The Bertz CT molecular complexity index is 1620. The zero-order valence-corrected chi connectivity index (χ0v) is 22.5. The minimum absolute atomic E-state index is 0.153. The van der Waals surface area contributed by atoms with Crippen LogP contribution in [-0.4, -0.2) is 10.7 Å². The maximum Gasteiger partial charge on any atom is 0.207 e. The Labute approximate surface area is 233 Å². The normalized spacial score (nSPS) is 19.6. The summed E-state index contributed by atoms with van der Waals surface area (Å²) in [5.41, 5.74) is 9.68. The molecular weight excluding hydrogens is 494 g/mol. The van der Waals surface area contributed by atoms with Crippen molar-refractivity contribution in [1.29, 1.82) is 0 Å². The highest BCUT2D eigenvalue weighted by Crippen LogP contribution is 2.47. The number of thiazole rings is 1. The minimum Gasteiger partial charge on any atom is -0.231 e. The Morgan fingerprint density at radius 1 is 0.718 bits per heavy atom. The van der Waals surface area contributed by atoms with Gasteiger partial charge in [-0.15, -0.1) is 11.3 Å². The van der Waals surface area contributed by atoms with Gasteiger partial charge in [0.15, 0.2) is 0 Å². The average Bonchev–Trinajstić information content (AvgIpc) is 3.65. The third-order valence-corrected chi connectivity index (χ3v) is 8.59. The maximum atomic E-state index is 5.31. The van der Waals surface area contributed by atoms with Crippen molar-refractivity contribution < 1.29 is 0 Å². The second-order valence-corrected chi connectivity index (χ2v) is 11.1. The number of hydrazone groups is 1. The Kier molecular flexibility index (Phi) is 6.39. The van der Waals surface area contributed by atoms with Gasteiger partial charge < -0.3 is 0 Å². The van der Waals surface area contributed by atoms with Gasteiger partial charge in [-0.1, -0.05) is 115 Å². The molecule has 0 bridgehead atoms. The smallest absolute Gasteiger partial charge is 0.207 e. The topological polar surface area (TPSA) is 28.5 Å². The van der Waals surface area contributed by atoms with Gasteiger partial charge in [-0.25, -0.2) is 9.99 Å². The third kappa shape index (κ3) is 4.73. The summed E-state index contributed by atoms with van der Waals surface area (Å²) in [6, 6.07) is 40.8. The largest absolute Gasteiger partial charge is 0.231 e. The number of rotatable bonds is 5. The molecule has 2 heterocycles. The SMILES string of the molecule is C(=C1/CCC[C@@H]2C1=NN(c1nc(-c3ccc(-c4ccccc4)cc3)cs1)[C@@H]2c1ccccc1)/c1ccccc1. The summed E-state index contributed by atoms with van der Waals surface area (Å²) >= 11 is 1.68. The first kappa shape index (κ1) is 23.8. The summed E-state index contributed by atoms with van der Waals surface area (Å²) < 4.78 is 0. The summed E-state index contributed by atoms with van der Waals surface area (Å²) in [6.45, 7) is 0. The molecule has 4 heteroatoms. The Hall–Kier alpha value is -4.28. The zero-order valence-electron chi connectivity index (χ0n) is 21.7. The molecule has 190 valence electrons. The van der Waals surface area contributed by atoms with E-state index < -0.39 is 0 Å². The second kappa shape index (κ2) is 10.5. The molecular formula is C35H29N3S. The van der Waals surface area contributed by atoms with Crippen LogP contribution in [0.4, 0.5) is 5.13 Å². The lowest BCUT2D eigenvalue weighted by atomic mass is 9.77. The van der Waals surface area contributed by atoms with Crippen molar-refractivity contribution in [1.82, 2.24) is 4.98 Å². The molecule has 0 radical (unpaired) electrons. The van der Waals surface area contributed by atoms with Gasteiger partial charge >= 0.3 is 0 Å². The average molecular weight is 524 g/mol. The molecule has 7 rings (SSSR count). The first-order chi connectivity index (χ1) is 19.3. The van der Waals surface area contributed by atoms with E-state index in [9.17, 15) is 0 Å². The monoisotopic (exact) mass is 523 g/mol. The van der Waals surface area contributed by atoms with E-state index in [4.69, 9.17) is 10.1 Å². The van der Waals surface area contributed by atoms with Gasteiger partial charge in [0.05, 0.1) is 17.4 Å². The van der Waals surface area contributed by atoms with Crippen LogP contribution >= 0.6 is 11.3 Å². The van der Waals surface area contributed by atoms with E-state index >= 15 is 0 Å². The van der Waals surface area contributed by atoms with Crippen LogP contribution in [0.5, 0.6) is 0 Å². The quantitative estimate of drug-likeness (QED) is 0.230. The highest BCUT2D eigenvalue weighted by Gasteiger charge is 2.42. The highest BCUT2D eigenvalue weighted by atomic mass is 32.1. The van der Waals surface area contributed by atoms with Gasteiger partial charge in [0.25, 0.3) is 0 Å². The first-order valence-corrected chi connectivity index (χ1v) is 14.5. The van der Waals surface area contributed by atoms with E-state index in [1.807, 2.05) is 0 Å². The fourth-order valence-corrected chi connectivity index (χ4v) is 6.68. The molecule has 1 saturated carbocycles. The molecule has 1 aliphatic carbocycles. The maximum absolute atomic E-state index is 5.31. The molecule has 1 aromatic heterocycles. The molecule has 0 amide bonds. The van der Waals surface area contributed by atoms with Crippen molar-refractivity contribution in [3.05, 3.63) is 137 Å². The summed E-state index contributed by atoms with van der Waals surface area (Å²) in [5, 5.41) is 10.6. The van der Waals surface area contributed by atoms with Crippen LogP contribution in [0.2, 0.25) is 0 Å². The van der Waals surface area contributed by atoms with Crippen LogP contribution in [0.1, 0.15) is 36.4 Å². The van der Waals surface area contributed by atoms with E-state index in [1.165, 1.54) is 40.0 Å². The van der Waals surface area contributed by atoms with Crippen molar-refractivity contribution in [3.63, 3.8) is 0 Å². The number of allylic oxidation sites excluding steroid dienone is 1. The van der Waals surface area contributed by atoms with E-state index in [0.717, 1.165) is 29.2 Å². The molecule has 5 aromatic rings. The Balaban J connectivity index is 1.24. The number of anilines is 1. The highest BCUT2D eigenvalue weighted by molar-refractivity contribution is 7.14. The molecule has 0 N–H and O–H groups in total. The number of hydrogen-bond donors (Lipinski definition) is 0. The number of aromatic nitrogens is 1. The van der Waals surface area contributed by atoms with Crippen LogP contribution in [0.25, 0.3) is 28.5 Å². The van der Waals surface area contributed by atoms with Crippen LogP contribution in [0, 0.1) is 5.92 Å². The van der Waals surface area contributed by atoms with Crippen molar-refractivity contribution in [2.24, 2.45) is 11.0 Å². The molecule has 3 nitrogen and oxygen atoms in total. The van der Waals surface area contributed by atoms with Gasteiger partial charge in [-0.2, -0.15) is 5.10 Å². The molecule has 1 fully saturated rings. The molecule has 0 unspecified atom stereocenters. The van der Waals surface area contributed by atoms with E-state index in [1.54, 1.807) is 11.3 Å². The first-order valence-electron chi connectivity index (χ1n) is 13.6. The van der Waals surface area contributed by atoms with Crippen molar-refractivity contribution in [3.8, 4) is 22.4 Å². The van der Waals surface area contributed by atoms with E-state index in [-0.39, 0.29) is 6.04 Å². The van der Waals surface area contributed by atoms with E-state index in [0.29, 0.717) is 5.92 Å². The lowest BCUT2D eigenvalue weighted by Gasteiger charge is -2.29. The van der Waals surface area contributed by atoms with Crippen LogP contribution in [-0.2, 0) is 0 Å². The molecule has 2 atom stereocenters. The molecule has 2 aliphatic rings. The molecule has 1 aliphatic heterocycles. The minimum atomic E-state index is 0.153. The third-order valence-electron chi connectivity index (χ3n) is 7.76. The van der Waals surface area contributed by atoms with Gasteiger partial charge in [0.1, 0.15) is 0 Å². The number of hydrogen-bond acceptors (Lipinski definition) is 4. The van der Waals surface area contributed by atoms with Gasteiger partial charge in [0, 0.05) is 16.9 Å². The predicted octanol–water partition coefficient (Wildman–Crippen LogP) is 9.28. The lowest BCUT2D eigenvalue weighted by molar-refractivity contribution is 0.487. The number of fused-ring (bicyclic) bond motifs is 1. The summed E-state index contributed by atoms with van der Waals surface area (Å²) in [5.74, 6) is 0.355. The van der Waals surface area contributed by atoms with Crippen LogP contribution in [0.3, 0.4) is 0 Å². The van der Waals surface area contributed by atoms with Crippen molar-refractivity contribution >= 4 is 28.3 Å². The molecule has 39 heavy (non-hydrogen) atoms. The van der Waals surface area contributed by atoms with Gasteiger partial charge in [0.2, 0.25) is 5.13 Å². The van der Waals surface area contributed by atoms with E-state index in [2.05, 4.69) is 132 Å². The summed E-state index contributed by atoms with van der Waals surface area (Å²) in [7, 11) is 0.